The molecule has 0 saturated carbocycles. The van der Waals surface area contributed by atoms with Crippen LogP contribution in [0.2, 0.25) is 0 Å². The van der Waals surface area contributed by atoms with Crippen molar-refractivity contribution in [3.8, 4) is 10.4 Å². The van der Waals surface area contributed by atoms with Gasteiger partial charge in [-0.3, -0.25) is 4.79 Å². The molecule has 9 heteroatoms. The van der Waals surface area contributed by atoms with Gasteiger partial charge in [0.05, 0.1) is 15.5 Å². The number of rotatable bonds is 2. The maximum absolute atomic E-state index is 13.1. The van der Waals surface area contributed by atoms with E-state index in [0.29, 0.717) is 53.0 Å². The fraction of sp³-hybridized carbons (Fsp3) is 0.250. The summed E-state index contributed by atoms with van der Waals surface area (Å²) in [5.74, 6) is 0.573. The molecule has 7 nitrogen and oxygen atoms in total. The van der Waals surface area contributed by atoms with Crippen LogP contribution in [0.4, 0.5) is 5.95 Å². The number of nitrogens with zero attached hydrogens (tertiary/aromatic N) is 4. The number of fused-ring (bicyclic) bond motifs is 3. The molecule has 0 N–H and O–H groups in total. The van der Waals surface area contributed by atoms with E-state index in [0.717, 1.165) is 4.88 Å². The highest BCUT2D eigenvalue weighted by Gasteiger charge is 2.32. The van der Waals surface area contributed by atoms with Crippen molar-refractivity contribution in [1.29, 1.82) is 0 Å². The van der Waals surface area contributed by atoms with Crippen LogP contribution >= 0.6 is 11.3 Å². The lowest BCUT2D eigenvalue weighted by atomic mass is 10.1. The number of carbonyl (C=O) groups is 1. The fourth-order valence-electron chi connectivity index (χ4n) is 3.80. The molecule has 0 bridgehead atoms. The van der Waals surface area contributed by atoms with Crippen molar-refractivity contribution in [2.45, 2.75) is 10.6 Å². The van der Waals surface area contributed by atoms with Crippen LogP contribution in [0.3, 0.4) is 0 Å². The minimum absolute atomic E-state index is 0.0482. The first-order chi connectivity index (χ1) is 14.0. The first kappa shape index (κ1) is 18.3. The molecule has 4 heterocycles. The molecule has 0 aliphatic carbocycles. The van der Waals surface area contributed by atoms with Gasteiger partial charge in [-0.05, 0) is 23.8 Å². The molecule has 0 radical (unpaired) electrons. The largest absolute Gasteiger partial charge is 0.337 e. The van der Waals surface area contributed by atoms with Gasteiger partial charge < -0.3 is 9.80 Å². The molecule has 3 aromatic rings. The number of sulfone groups is 1. The standard InChI is InChI=1S/C20H18N4O3S2/c25-19(23-8-10-24(11-9-23)20-21-6-3-7-22-20)16-12-14-13-29(26,27)17-5-2-1-4-15(17)18(14)28-16/h1-7,12H,8-11,13H2. The third kappa shape index (κ3) is 3.20. The number of carbonyl (C=O) groups excluding carboxylic acids is 1. The summed E-state index contributed by atoms with van der Waals surface area (Å²) >= 11 is 1.38. The van der Waals surface area contributed by atoms with Gasteiger partial charge in [0.15, 0.2) is 9.84 Å². The Bertz CT molecular complexity index is 1180. The van der Waals surface area contributed by atoms with Gasteiger partial charge in [0, 0.05) is 49.0 Å². The van der Waals surface area contributed by atoms with Crippen molar-refractivity contribution in [3.05, 3.63) is 59.2 Å². The molecule has 2 aliphatic rings. The van der Waals surface area contributed by atoms with Gasteiger partial charge in [0.2, 0.25) is 5.95 Å². The first-order valence-electron chi connectivity index (χ1n) is 9.29. The molecule has 1 fully saturated rings. The third-order valence-corrected chi connectivity index (χ3v) is 8.15. The average molecular weight is 427 g/mol. The Hall–Kier alpha value is -2.78. The summed E-state index contributed by atoms with van der Waals surface area (Å²) in [6.07, 6.45) is 3.42. The van der Waals surface area contributed by atoms with Crippen LogP contribution < -0.4 is 4.90 Å². The molecule has 0 unspecified atom stereocenters. The summed E-state index contributed by atoms with van der Waals surface area (Å²) in [4.78, 5) is 27.3. The number of benzene rings is 1. The predicted octanol–water partition coefficient (Wildman–Crippen LogP) is 2.45. The van der Waals surface area contributed by atoms with E-state index in [1.807, 2.05) is 17.0 Å². The maximum Gasteiger partial charge on any atom is 0.264 e. The lowest BCUT2D eigenvalue weighted by Gasteiger charge is -2.34. The van der Waals surface area contributed by atoms with Gasteiger partial charge in [-0.1, -0.05) is 18.2 Å². The quantitative estimate of drug-likeness (QED) is 0.626. The van der Waals surface area contributed by atoms with Crippen LogP contribution in [-0.2, 0) is 15.6 Å². The summed E-state index contributed by atoms with van der Waals surface area (Å²) in [6, 6.07) is 10.5. The normalized spacial score (nSPS) is 17.5. The molecule has 1 aromatic carbocycles. The van der Waals surface area contributed by atoms with Gasteiger partial charge in [-0.25, -0.2) is 18.4 Å². The summed E-state index contributed by atoms with van der Waals surface area (Å²) in [5, 5.41) is 0. The molecule has 2 aromatic heterocycles. The number of anilines is 1. The highest BCUT2D eigenvalue weighted by atomic mass is 32.2. The minimum atomic E-state index is -3.37. The number of piperazine rings is 1. The molecule has 0 atom stereocenters. The van der Waals surface area contributed by atoms with E-state index in [-0.39, 0.29) is 11.7 Å². The number of amides is 1. The fourth-order valence-corrected chi connectivity index (χ4v) is 6.72. The van der Waals surface area contributed by atoms with E-state index in [1.165, 1.54) is 11.3 Å². The zero-order valence-corrected chi connectivity index (χ0v) is 17.1. The lowest BCUT2D eigenvalue weighted by Crippen LogP contribution is -2.49. The Morgan fingerprint density at radius 2 is 1.72 bits per heavy atom. The second-order valence-electron chi connectivity index (χ2n) is 7.05. The van der Waals surface area contributed by atoms with Gasteiger partial charge in [0.25, 0.3) is 5.91 Å². The molecule has 0 spiro atoms. The van der Waals surface area contributed by atoms with E-state index < -0.39 is 9.84 Å². The number of hydrogen-bond acceptors (Lipinski definition) is 7. The van der Waals surface area contributed by atoms with E-state index in [4.69, 9.17) is 0 Å². The van der Waals surface area contributed by atoms with Crippen molar-refractivity contribution in [3.63, 3.8) is 0 Å². The second kappa shape index (κ2) is 6.93. The maximum atomic E-state index is 13.1. The first-order valence-corrected chi connectivity index (χ1v) is 11.8. The Kier molecular flexibility index (Phi) is 4.36. The zero-order chi connectivity index (χ0) is 20.0. The zero-order valence-electron chi connectivity index (χ0n) is 15.5. The topological polar surface area (TPSA) is 83.5 Å². The van der Waals surface area contributed by atoms with E-state index in [2.05, 4.69) is 14.9 Å². The van der Waals surface area contributed by atoms with Crippen LogP contribution in [0.25, 0.3) is 10.4 Å². The lowest BCUT2D eigenvalue weighted by molar-refractivity contribution is 0.0751. The molecule has 148 valence electrons. The van der Waals surface area contributed by atoms with Crippen molar-refractivity contribution < 1.29 is 13.2 Å². The molecule has 5 rings (SSSR count). The van der Waals surface area contributed by atoms with Gasteiger partial charge in [-0.2, -0.15) is 0 Å². The number of aromatic nitrogens is 2. The average Bonchev–Trinajstić information content (AvgIpc) is 3.17. The Morgan fingerprint density at radius 3 is 2.48 bits per heavy atom. The highest BCUT2D eigenvalue weighted by molar-refractivity contribution is 7.91. The molecule has 2 aliphatic heterocycles. The van der Waals surface area contributed by atoms with Gasteiger partial charge in [-0.15, -0.1) is 11.3 Å². The number of hydrogen-bond donors (Lipinski definition) is 0. The molecular weight excluding hydrogens is 408 g/mol. The van der Waals surface area contributed by atoms with Crippen molar-refractivity contribution in [1.82, 2.24) is 14.9 Å². The van der Waals surface area contributed by atoms with E-state index >= 15 is 0 Å². The van der Waals surface area contributed by atoms with Crippen molar-refractivity contribution in [2.24, 2.45) is 0 Å². The minimum Gasteiger partial charge on any atom is -0.337 e. The predicted molar refractivity (Wildman–Crippen MR) is 111 cm³/mol. The Balaban J connectivity index is 1.38. The SMILES string of the molecule is O=C(c1cc2c(s1)-c1ccccc1S(=O)(=O)C2)N1CCN(c2ncccn2)CC1. The van der Waals surface area contributed by atoms with Gasteiger partial charge >= 0.3 is 0 Å². The molecule has 29 heavy (non-hydrogen) atoms. The van der Waals surface area contributed by atoms with Crippen LogP contribution in [0.5, 0.6) is 0 Å². The summed E-state index contributed by atoms with van der Waals surface area (Å²) in [7, 11) is -3.37. The summed E-state index contributed by atoms with van der Waals surface area (Å²) in [5.41, 5.74) is 1.41. The van der Waals surface area contributed by atoms with Crippen LogP contribution in [0.15, 0.2) is 53.7 Å². The smallest absolute Gasteiger partial charge is 0.264 e. The van der Waals surface area contributed by atoms with Crippen LogP contribution in [0, 0.1) is 0 Å². The summed E-state index contributed by atoms with van der Waals surface area (Å²) < 4.78 is 25.2. The second-order valence-corrected chi connectivity index (χ2v) is 10.1. The summed E-state index contributed by atoms with van der Waals surface area (Å²) in [6.45, 7) is 2.49. The number of thiophene rings is 1. The molecule has 1 amide bonds. The van der Waals surface area contributed by atoms with Crippen molar-refractivity contribution >= 4 is 33.0 Å². The molecule has 1 saturated heterocycles. The van der Waals surface area contributed by atoms with Gasteiger partial charge in [0.1, 0.15) is 0 Å². The molecular formula is C20H18N4O3S2. The van der Waals surface area contributed by atoms with Crippen LogP contribution in [-0.4, -0.2) is 55.4 Å². The van der Waals surface area contributed by atoms with E-state index in [1.54, 1.807) is 36.7 Å². The Morgan fingerprint density at radius 1 is 1.00 bits per heavy atom. The monoisotopic (exact) mass is 426 g/mol. The third-order valence-electron chi connectivity index (χ3n) is 5.23. The highest BCUT2D eigenvalue weighted by Crippen LogP contribution is 2.42. The van der Waals surface area contributed by atoms with E-state index in [9.17, 15) is 13.2 Å². The van der Waals surface area contributed by atoms with Crippen molar-refractivity contribution in [2.75, 3.05) is 31.1 Å². The van der Waals surface area contributed by atoms with Crippen LogP contribution in [0.1, 0.15) is 15.2 Å². The Labute approximate surface area is 172 Å².